The largest absolute Gasteiger partial charge is 0.0839 e. The summed E-state index contributed by atoms with van der Waals surface area (Å²) in [4.78, 5) is 0.516. The number of hydrogen-bond donors (Lipinski definition) is 0. The lowest BCUT2D eigenvalue weighted by molar-refractivity contribution is 0.664. The summed E-state index contributed by atoms with van der Waals surface area (Å²) in [6, 6.07) is 8.55. The maximum Gasteiger partial charge on any atom is 0.0395 e. The summed E-state index contributed by atoms with van der Waals surface area (Å²) in [6.07, 6.45) is 5.16. The highest BCUT2D eigenvalue weighted by molar-refractivity contribution is 9.10. The molecule has 0 nitrogen and oxygen atoms in total. The summed E-state index contributed by atoms with van der Waals surface area (Å²) in [5, 5.41) is 0. The van der Waals surface area contributed by atoms with E-state index < -0.39 is 0 Å². The lowest BCUT2D eigenvalue weighted by Gasteiger charge is -2.09. The summed E-state index contributed by atoms with van der Waals surface area (Å²) >= 11 is 7.17. The Morgan fingerprint density at radius 1 is 1.14 bits per heavy atom. The van der Waals surface area contributed by atoms with Crippen LogP contribution in [0.1, 0.15) is 43.0 Å². The van der Waals surface area contributed by atoms with Crippen molar-refractivity contribution in [2.75, 3.05) is 0 Å². The van der Waals surface area contributed by atoms with Crippen molar-refractivity contribution in [1.82, 2.24) is 0 Å². The summed E-state index contributed by atoms with van der Waals surface area (Å²) in [5.41, 5.74) is 1.38. The third-order valence-electron chi connectivity index (χ3n) is 2.29. The van der Waals surface area contributed by atoms with Crippen molar-refractivity contribution in [1.29, 1.82) is 0 Å². The normalized spacial score (nSPS) is 12.8. The van der Waals surface area contributed by atoms with E-state index in [9.17, 15) is 0 Å². The van der Waals surface area contributed by atoms with Gasteiger partial charge in [-0.3, -0.25) is 0 Å². The number of rotatable bonds is 5. The highest BCUT2D eigenvalue weighted by atomic mass is 79.9. The van der Waals surface area contributed by atoms with Crippen LogP contribution in [0.15, 0.2) is 28.7 Å². The van der Waals surface area contributed by atoms with Crippen LogP contribution in [0.4, 0.5) is 0 Å². The van der Waals surface area contributed by atoms with E-state index in [1.54, 1.807) is 0 Å². The zero-order valence-electron chi connectivity index (χ0n) is 8.47. The molecular weight excluding hydrogens is 304 g/mol. The maximum atomic E-state index is 3.73. The molecule has 0 aliphatic heterocycles. The Labute approximate surface area is 103 Å². The SMILES string of the molecule is CCCCCC(Br)c1ccc(Br)cc1. The molecule has 14 heavy (non-hydrogen) atoms. The standard InChI is InChI=1S/C12H16Br2/c1-2-3-4-5-12(14)10-6-8-11(13)9-7-10/h6-9,12H,2-5H2,1H3. The average molecular weight is 320 g/mol. The molecule has 0 aromatic heterocycles. The number of alkyl halides is 1. The topological polar surface area (TPSA) is 0 Å². The van der Waals surface area contributed by atoms with E-state index >= 15 is 0 Å². The molecule has 0 spiro atoms. The quantitative estimate of drug-likeness (QED) is 0.499. The molecule has 78 valence electrons. The zero-order chi connectivity index (χ0) is 10.4. The molecule has 0 radical (unpaired) electrons. The molecule has 0 saturated carbocycles. The fourth-order valence-corrected chi connectivity index (χ4v) is 2.31. The molecule has 1 rings (SSSR count). The van der Waals surface area contributed by atoms with Crippen molar-refractivity contribution < 1.29 is 0 Å². The Kier molecular flexibility index (Phi) is 5.80. The minimum atomic E-state index is 0.516. The molecule has 0 bridgehead atoms. The molecule has 2 heteroatoms. The van der Waals surface area contributed by atoms with Crippen molar-refractivity contribution in [3.8, 4) is 0 Å². The number of hydrogen-bond acceptors (Lipinski definition) is 0. The van der Waals surface area contributed by atoms with Gasteiger partial charge >= 0.3 is 0 Å². The third kappa shape index (κ3) is 4.14. The smallest absolute Gasteiger partial charge is 0.0395 e. The Bertz CT molecular complexity index is 254. The van der Waals surface area contributed by atoms with Gasteiger partial charge in [0.05, 0.1) is 0 Å². The second-order valence-electron chi connectivity index (χ2n) is 3.51. The van der Waals surface area contributed by atoms with E-state index in [4.69, 9.17) is 0 Å². The van der Waals surface area contributed by atoms with Crippen molar-refractivity contribution in [2.45, 2.75) is 37.4 Å². The first-order valence-corrected chi connectivity index (χ1v) is 6.84. The van der Waals surface area contributed by atoms with Gasteiger partial charge in [-0.15, -0.1) is 0 Å². The first-order valence-electron chi connectivity index (χ1n) is 5.13. The van der Waals surface area contributed by atoms with Crippen LogP contribution < -0.4 is 0 Å². The first-order chi connectivity index (χ1) is 6.74. The molecule has 1 atom stereocenters. The van der Waals surface area contributed by atoms with E-state index in [2.05, 4.69) is 63.0 Å². The number of halogens is 2. The van der Waals surface area contributed by atoms with E-state index in [1.165, 1.54) is 31.2 Å². The lowest BCUT2D eigenvalue weighted by atomic mass is 10.1. The van der Waals surface area contributed by atoms with E-state index in [1.807, 2.05) is 0 Å². The minimum absolute atomic E-state index is 0.516. The van der Waals surface area contributed by atoms with Crippen LogP contribution >= 0.6 is 31.9 Å². The molecular formula is C12H16Br2. The number of benzene rings is 1. The van der Waals surface area contributed by atoms with Gasteiger partial charge in [0.2, 0.25) is 0 Å². The monoisotopic (exact) mass is 318 g/mol. The van der Waals surface area contributed by atoms with Crippen molar-refractivity contribution in [3.63, 3.8) is 0 Å². The predicted molar refractivity (Wildman–Crippen MR) is 70.0 cm³/mol. The molecule has 0 N–H and O–H groups in total. The van der Waals surface area contributed by atoms with Crippen LogP contribution in [0.5, 0.6) is 0 Å². The minimum Gasteiger partial charge on any atom is -0.0839 e. The Morgan fingerprint density at radius 2 is 1.79 bits per heavy atom. The highest BCUT2D eigenvalue weighted by Gasteiger charge is 2.05. The predicted octanol–water partition coefficient (Wildman–Crippen LogP) is 5.47. The van der Waals surface area contributed by atoms with Crippen LogP contribution in [0, 0.1) is 0 Å². The van der Waals surface area contributed by atoms with E-state index in [0.29, 0.717) is 4.83 Å². The Balaban J connectivity index is 2.43. The average Bonchev–Trinajstić information content (AvgIpc) is 2.19. The molecule has 0 aliphatic rings. The van der Waals surface area contributed by atoms with Gasteiger partial charge in [-0.05, 0) is 24.1 Å². The maximum absolute atomic E-state index is 3.73. The molecule has 0 fully saturated rings. The Morgan fingerprint density at radius 3 is 2.36 bits per heavy atom. The van der Waals surface area contributed by atoms with Crippen LogP contribution in [0.2, 0.25) is 0 Å². The van der Waals surface area contributed by atoms with Gasteiger partial charge in [-0.1, -0.05) is 70.2 Å². The highest BCUT2D eigenvalue weighted by Crippen LogP contribution is 2.29. The van der Waals surface area contributed by atoms with Crippen LogP contribution in [-0.2, 0) is 0 Å². The van der Waals surface area contributed by atoms with E-state index in [-0.39, 0.29) is 0 Å². The van der Waals surface area contributed by atoms with Crippen LogP contribution in [0.25, 0.3) is 0 Å². The molecule has 1 aromatic rings. The van der Waals surface area contributed by atoms with Crippen molar-refractivity contribution >= 4 is 31.9 Å². The second kappa shape index (κ2) is 6.62. The van der Waals surface area contributed by atoms with Gasteiger partial charge in [0, 0.05) is 9.30 Å². The number of unbranched alkanes of at least 4 members (excludes halogenated alkanes) is 2. The fraction of sp³-hybridized carbons (Fsp3) is 0.500. The van der Waals surface area contributed by atoms with Gasteiger partial charge in [0.25, 0.3) is 0 Å². The molecule has 1 aromatic carbocycles. The molecule has 0 heterocycles. The van der Waals surface area contributed by atoms with Crippen molar-refractivity contribution in [2.24, 2.45) is 0 Å². The first kappa shape index (κ1) is 12.3. The van der Waals surface area contributed by atoms with Crippen LogP contribution in [-0.4, -0.2) is 0 Å². The Hall–Kier alpha value is 0.180. The molecule has 1 unspecified atom stereocenters. The van der Waals surface area contributed by atoms with Gasteiger partial charge < -0.3 is 0 Å². The summed E-state index contributed by atoms with van der Waals surface area (Å²) in [6.45, 7) is 2.24. The summed E-state index contributed by atoms with van der Waals surface area (Å²) < 4.78 is 1.15. The van der Waals surface area contributed by atoms with E-state index in [0.717, 1.165) is 4.47 Å². The van der Waals surface area contributed by atoms with Gasteiger partial charge in [0.15, 0.2) is 0 Å². The molecule has 0 saturated heterocycles. The summed E-state index contributed by atoms with van der Waals surface area (Å²) in [5.74, 6) is 0. The second-order valence-corrected chi connectivity index (χ2v) is 5.54. The van der Waals surface area contributed by atoms with Crippen LogP contribution in [0.3, 0.4) is 0 Å². The summed E-state index contributed by atoms with van der Waals surface area (Å²) in [7, 11) is 0. The lowest BCUT2D eigenvalue weighted by Crippen LogP contribution is -1.89. The van der Waals surface area contributed by atoms with Gasteiger partial charge in [-0.2, -0.15) is 0 Å². The van der Waals surface area contributed by atoms with Gasteiger partial charge in [-0.25, -0.2) is 0 Å². The molecule has 0 aliphatic carbocycles. The fourth-order valence-electron chi connectivity index (χ4n) is 1.41. The zero-order valence-corrected chi connectivity index (χ0v) is 11.6. The van der Waals surface area contributed by atoms with Crippen molar-refractivity contribution in [3.05, 3.63) is 34.3 Å². The third-order valence-corrected chi connectivity index (χ3v) is 3.81. The van der Waals surface area contributed by atoms with Gasteiger partial charge in [0.1, 0.15) is 0 Å². The molecule has 0 amide bonds.